The Morgan fingerprint density at radius 2 is 2.00 bits per heavy atom. The van der Waals surface area contributed by atoms with Gasteiger partial charge in [0.1, 0.15) is 0 Å². The minimum absolute atomic E-state index is 0. The number of rotatable bonds is 7. The topological polar surface area (TPSA) is 38.3 Å². The number of unbranched alkanes of at least 4 members (excludes halogenated alkanes) is 2. The van der Waals surface area contributed by atoms with Gasteiger partial charge in [0.05, 0.1) is 6.61 Å². The Kier molecular flexibility index (Phi) is 12.8. The summed E-state index contributed by atoms with van der Waals surface area (Å²) in [5, 5.41) is 3.06. The summed E-state index contributed by atoms with van der Waals surface area (Å²) in [7, 11) is 1.93. The molecular formula is C10H20INO2. The van der Waals surface area contributed by atoms with E-state index < -0.39 is 0 Å². The molecule has 4 heteroatoms. The molecule has 0 atom stereocenters. The van der Waals surface area contributed by atoms with Crippen LogP contribution in [0.2, 0.25) is 0 Å². The predicted molar refractivity (Wildman–Crippen MR) is 69.0 cm³/mol. The summed E-state index contributed by atoms with van der Waals surface area (Å²) in [4.78, 5) is 10.9. The van der Waals surface area contributed by atoms with Gasteiger partial charge in [-0.1, -0.05) is 6.58 Å². The maximum atomic E-state index is 10.9. The molecule has 84 valence electrons. The third kappa shape index (κ3) is 9.98. The van der Waals surface area contributed by atoms with E-state index in [1.54, 1.807) is 6.92 Å². The Bertz CT molecular complexity index is 172. The van der Waals surface area contributed by atoms with Crippen LogP contribution in [0.15, 0.2) is 12.2 Å². The van der Waals surface area contributed by atoms with E-state index in [2.05, 4.69) is 11.9 Å². The monoisotopic (exact) mass is 313 g/mol. The number of carbonyl (C=O) groups excluding carboxylic acids is 1. The fourth-order valence-corrected chi connectivity index (χ4v) is 0.869. The molecular weight excluding hydrogens is 293 g/mol. The van der Waals surface area contributed by atoms with E-state index >= 15 is 0 Å². The molecule has 0 unspecified atom stereocenters. The second-order valence-corrected chi connectivity index (χ2v) is 3.08. The quantitative estimate of drug-likeness (QED) is 0.339. The third-order valence-electron chi connectivity index (χ3n) is 1.65. The zero-order valence-electron chi connectivity index (χ0n) is 8.97. The van der Waals surface area contributed by atoms with Crippen molar-refractivity contribution in [3.63, 3.8) is 0 Å². The molecule has 0 bridgehead atoms. The lowest BCUT2D eigenvalue weighted by Gasteiger charge is -2.03. The molecule has 0 aliphatic carbocycles. The highest BCUT2D eigenvalue weighted by molar-refractivity contribution is 14.0. The molecule has 0 fully saturated rings. The number of esters is 1. The van der Waals surface area contributed by atoms with Gasteiger partial charge < -0.3 is 10.1 Å². The van der Waals surface area contributed by atoms with Crippen LogP contribution in [0.1, 0.15) is 26.2 Å². The van der Waals surface area contributed by atoms with Crippen LogP contribution in [0.25, 0.3) is 0 Å². The number of hydrogen-bond acceptors (Lipinski definition) is 3. The second-order valence-electron chi connectivity index (χ2n) is 3.08. The van der Waals surface area contributed by atoms with E-state index in [9.17, 15) is 4.79 Å². The van der Waals surface area contributed by atoms with Crippen LogP contribution in [0.4, 0.5) is 0 Å². The fourth-order valence-electron chi connectivity index (χ4n) is 0.869. The van der Waals surface area contributed by atoms with Crippen LogP contribution in [-0.4, -0.2) is 26.2 Å². The summed E-state index contributed by atoms with van der Waals surface area (Å²) in [5.41, 5.74) is 0.468. The van der Waals surface area contributed by atoms with Crippen molar-refractivity contribution in [1.82, 2.24) is 5.32 Å². The number of carbonyl (C=O) groups is 1. The van der Waals surface area contributed by atoms with Gasteiger partial charge in [0.2, 0.25) is 0 Å². The van der Waals surface area contributed by atoms with Crippen molar-refractivity contribution in [3.8, 4) is 0 Å². The van der Waals surface area contributed by atoms with Gasteiger partial charge >= 0.3 is 5.97 Å². The fraction of sp³-hybridized carbons (Fsp3) is 0.700. The van der Waals surface area contributed by atoms with Crippen molar-refractivity contribution < 1.29 is 9.53 Å². The molecule has 0 heterocycles. The van der Waals surface area contributed by atoms with E-state index in [-0.39, 0.29) is 29.9 Å². The largest absolute Gasteiger partial charge is 0.462 e. The Hall–Kier alpha value is -0.100. The molecule has 0 aliphatic heterocycles. The molecule has 0 saturated carbocycles. The molecule has 0 aromatic heterocycles. The van der Waals surface area contributed by atoms with Crippen LogP contribution < -0.4 is 5.32 Å². The Morgan fingerprint density at radius 1 is 1.36 bits per heavy atom. The summed E-state index contributed by atoms with van der Waals surface area (Å²) in [6.07, 6.45) is 3.14. The first-order valence-electron chi connectivity index (χ1n) is 4.65. The van der Waals surface area contributed by atoms with Crippen molar-refractivity contribution in [3.05, 3.63) is 12.2 Å². The van der Waals surface area contributed by atoms with E-state index in [0.717, 1.165) is 25.8 Å². The number of hydrogen-bond donors (Lipinski definition) is 1. The molecule has 14 heavy (non-hydrogen) atoms. The Morgan fingerprint density at radius 3 is 2.50 bits per heavy atom. The lowest BCUT2D eigenvalue weighted by molar-refractivity contribution is -0.139. The first-order valence-corrected chi connectivity index (χ1v) is 4.65. The van der Waals surface area contributed by atoms with E-state index in [1.807, 2.05) is 7.05 Å². The van der Waals surface area contributed by atoms with Gasteiger partial charge in [-0.2, -0.15) is 0 Å². The zero-order valence-corrected chi connectivity index (χ0v) is 11.3. The Labute approximate surface area is 103 Å². The number of nitrogens with one attached hydrogen (secondary N) is 1. The van der Waals surface area contributed by atoms with E-state index in [1.165, 1.54) is 0 Å². The molecule has 0 aromatic rings. The summed E-state index contributed by atoms with van der Waals surface area (Å²) < 4.78 is 4.92. The Balaban J connectivity index is 0. The summed E-state index contributed by atoms with van der Waals surface area (Å²) in [6.45, 7) is 6.69. The molecule has 3 nitrogen and oxygen atoms in total. The number of ether oxygens (including phenoxy) is 1. The average Bonchev–Trinajstić information content (AvgIpc) is 2.10. The lowest BCUT2D eigenvalue weighted by atomic mass is 10.2. The van der Waals surface area contributed by atoms with Crippen LogP contribution in [0.3, 0.4) is 0 Å². The van der Waals surface area contributed by atoms with Gasteiger partial charge in [0, 0.05) is 5.57 Å². The molecule has 0 spiro atoms. The lowest BCUT2D eigenvalue weighted by Crippen LogP contribution is -2.09. The van der Waals surface area contributed by atoms with Gasteiger partial charge in [-0.15, -0.1) is 24.0 Å². The zero-order chi connectivity index (χ0) is 10.1. The molecule has 0 aromatic carbocycles. The van der Waals surface area contributed by atoms with Crippen molar-refractivity contribution >= 4 is 29.9 Å². The first kappa shape index (κ1) is 16.3. The summed E-state index contributed by atoms with van der Waals surface area (Å²) in [5.74, 6) is -0.284. The van der Waals surface area contributed by atoms with E-state index in [0.29, 0.717) is 12.2 Å². The molecule has 0 aliphatic rings. The minimum Gasteiger partial charge on any atom is -0.462 e. The van der Waals surface area contributed by atoms with Gasteiger partial charge in [-0.05, 0) is 39.8 Å². The smallest absolute Gasteiger partial charge is 0.333 e. The minimum atomic E-state index is -0.284. The highest BCUT2D eigenvalue weighted by Crippen LogP contribution is 1.97. The third-order valence-corrected chi connectivity index (χ3v) is 1.65. The standard InChI is InChI=1S/C10H19NO2.HI/c1-9(2)10(12)13-8-6-4-5-7-11-3;/h11H,1,4-8H2,2-3H3;1H. The van der Waals surface area contributed by atoms with E-state index in [4.69, 9.17) is 4.74 Å². The van der Waals surface area contributed by atoms with Crippen LogP contribution in [-0.2, 0) is 9.53 Å². The highest BCUT2D eigenvalue weighted by atomic mass is 127. The highest BCUT2D eigenvalue weighted by Gasteiger charge is 2.01. The van der Waals surface area contributed by atoms with Crippen LogP contribution in [0.5, 0.6) is 0 Å². The molecule has 0 amide bonds. The van der Waals surface area contributed by atoms with Crippen molar-refractivity contribution in [2.75, 3.05) is 20.2 Å². The maximum absolute atomic E-state index is 10.9. The summed E-state index contributed by atoms with van der Waals surface area (Å²) >= 11 is 0. The number of halogens is 1. The van der Waals surface area contributed by atoms with Gasteiger partial charge in [-0.25, -0.2) is 4.79 Å². The van der Waals surface area contributed by atoms with Gasteiger partial charge in [-0.3, -0.25) is 0 Å². The predicted octanol–water partition coefficient (Wildman–Crippen LogP) is 2.11. The van der Waals surface area contributed by atoms with Crippen molar-refractivity contribution in [2.24, 2.45) is 0 Å². The normalized spacial score (nSPS) is 9.00. The van der Waals surface area contributed by atoms with Crippen LogP contribution in [0, 0.1) is 0 Å². The maximum Gasteiger partial charge on any atom is 0.333 e. The van der Waals surface area contributed by atoms with Gasteiger partial charge in [0.15, 0.2) is 0 Å². The van der Waals surface area contributed by atoms with Crippen molar-refractivity contribution in [2.45, 2.75) is 26.2 Å². The van der Waals surface area contributed by atoms with Crippen molar-refractivity contribution in [1.29, 1.82) is 0 Å². The molecule has 1 N–H and O–H groups in total. The van der Waals surface area contributed by atoms with Crippen LogP contribution >= 0.6 is 24.0 Å². The SMILES string of the molecule is C=C(C)C(=O)OCCCCCNC.I. The summed E-state index contributed by atoms with van der Waals surface area (Å²) in [6, 6.07) is 0. The average molecular weight is 313 g/mol. The molecule has 0 radical (unpaired) electrons. The second kappa shape index (κ2) is 11.0. The molecule has 0 rings (SSSR count). The first-order chi connectivity index (χ1) is 6.18. The molecule has 0 saturated heterocycles. The van der Waals surface area contributed by atoms with Gasteiger partial charge in [0.25, 0.3) is 0 Å².